The first kappa shape index (κ1) is 15.5. The molecule has 0 spiro atoms. The minimum absolute atomic E-state index is 0.155. The van der Waals surface area contributed by atoms with Crippen molar-refractivity contribution >= 4 is 46.0 Å². The van der Waals surface area contributed by atoms with Gasteiger partial charge in [-0.1, -0.05) is 12.2 Å². The largest absolute Gasteiger partial charge is 0.325 e. The topological polar surface area (TPSA) is 66.5 Å². The van der Waals surface area contributed by atoms with Gasteiger partial charge in [0.1, 0.15) is 6.54 Å². The molecular weight excluding hydrogens is 431 g/mol. The zero-order chi connectivity index (χ0) is 17.3. The summed E-state index contributed by atoms with van der Waals surface area (Å²) in [6, 6.07) is 7.41. The average Bonchev–Trinajstić information content (AvgIpc) is 3.38. The number of anilines is 1. The predicted molar refractivity (Wildman–Crippen MR) is 99.2 cm³/mol. The summed E-state index contributed by atoms with van der Waals surface area (Å²) in [7, 11) is 0. The summed E-state index contributed by atoms with van der Waals surface area (Å²) in [6.07, 6.45) is 5.42. The highest BCUT2D eigenvalue weighted by Crippen LogP contribution is 2.65. The van der Waals surface area contributed by atoms with E-state index in [4.69, 9.17) is 0 Å². The van der Waals surface area contributed by atoms with Gasteiger partial charge >= 0.3 is 0 Å². The molecule has 25 heavy (non-hydrogen) atoms. The first-order valence-corrected chi connectivity index (χ1v) is 9.71. The van der Waals surface area contributed by atoms with Crippen molar-refractivity contribution < 1.29 is 14.4 Å². The maximum absolute atomic E-state index is 12.8. The lowest BCUT2D eigenvalue weighted by molar-refractivity contribution is -0.142. The summed E-state index contributed by atoms with van der Waals surface area (Å²) in [5.74, 6) is 0.431. The van der Waals surface area contributed by atoms with Crippen LogP contribution in [0.3, 0.4) is 0 Å². The van der Waals surface area contributed by atoms with Gasteiger partial charge in [-0.3, -0.25) is 19.3 Å². The van der Waals surface area contributed by atoms with Gasteiger partial charge in [0.05, 0.1) is 11.8 Å². The van der Waals surface area contributed by atoms with Crippen molar-refractivity contribution in [2.75, 3.05) is 11.9 Å². The lowest BCUT2D eigenvalue weighted by atomic mass is 9.63. The molecule has 0 aromatic heterocycles. The fourth-order valence-corrected chi connectivity index (χ4v) is 5.41. The quantitative estimate of drug-likeness (QED) is 0.439. The standard InChI is InChI=1S/C19H17IN2O3/c20-9-1-3-10(4-2-9)21-15(23)8-22-18(24)16-11-5-6-12(14-7-13(11)14)17(16)19(22)25/h1-6,11-14,16-17H,7-8H2,(H,21,23)/t11-,12+,13-,14-,16+,17-/m1/s1. The van der Waals surface area contributed by atoms with E-state index in [-0.39, 0.29) is 47.9 Å². The van der Waals surface area contributed by atoms with Crippen molar-refractivity contribution in [3.05, 3.63) is 40.0 Å². The normalized spacial score (nSPS) is 37.1. The Hall–Kier alpha value is -1.70. The number of benzene rings is 1. The van der Waals surface area contributed by atoms with E-state index in [1.54, 1.807) is 0 Å². The molecule has 2 bridgehead atoms. The number of imide groups is 1. The third-order valence-corrected chi connectivity index (χ3v) is 6.90. The molecule has 128 valence electrons. The Morgan fingerprint density at radius 2 is 1.60 bits per heavy atom. The lowest BCUT2D eigenvalue weighted by Gasteiger charge is -2.37. The molecule has 5 nitrogen and oxygen atoms in total. The minimum atomic E-state index is -0.327. The predicted octanol–water partition coefficient (Wildman–Crippen LogP) is 2.28. The SMILES string of the molecule is O=C(CN1C(=O)[C@@H]2[C@H]3C=C[C@H]([C@H]4C[C@H]34)[C@@H]2C1=O)Nc1ccc(I)cc1. The van der Waals surface area contributed by atoms with Gasteiger partial charge < -0.3 is 5.32 Å². The van der Waals surface area contributed by atoms with Crippen LogP contribution in [0.5, 0.6) is 0 Å². The second kappa shape index (κ2) is 5.40. The Morgan fingerprint density at radius 1 is 1.04 bits per heavy atom. The number of carbonyl (C=O) groups excluding carboxylic acids is 3. The molecule has 3 fully saturated rings. The minimum Gasteiger partial charge on any atom is -0.325 e. The molecule has 1 saturated heterocycles. The molecule has 3 amide bonds. The maximum Gasteiger partial charge on any atom is 0.244 e. The highest BCUT2D eigenvalue weighted by atomic mass is 127. The molecule has 6 heteroatoms. The van der Waals surface area contributed by atoms with E-state index in [0.29, 0.717) is 17.5 Å². The van der Waals surface area contributed by atoms with Gasteiger partial charge in [0, 0.05) is 9.26 Å². The maximum atomic E-state index is 12.8. The van der Waals surface area contributed by atoms with E-state index in [2.05, 4.69) is 40.1 Å². The van der Waals surface area contributed by atoms with E-state index < -0.39 is 0 Å². The number of amides is 3. The average molecular weight is 448 g/mol. The number of hydrogen-bond acceptors (Lipinski definition) is 3. The number of likely N-dealkylation sites (tertiary alicyclic amines) is 1. The van der Waals surface area contributed by atoms with Crippen LogP contribution in [0.25, 0.3) is 0 Å². The smallest absolute Gasteiger partial charge is 0.244 e. The van der Waals surface area contributed by atoms with E-state index in [0.717, 1.165) is 9.99 Å². The van der Waals surface area contributed by atoms with E-state index in [9.17, 15) is 14.4 Å². The van der Waals surface area contributed by atoms with Gasteiger partial charge in [0.15, 0.2) is 0 Å². The van der Waals surface area contributed by atoms with Gasteiger partial charge in [-0.05, 0) is 76.9 Å². The lowest BCUT2D eigenvalue weighted by Crippen LogP contribution is -2.40. The first-order chi connectivity index (χ1) is 12.0. The molecule has 0 radical (unpaired) electrons. The molecule has 0 unspecified atom stereocenters. The molecule has 1 aliphatic heterocycles. The van der Waals surface area contributed by atoms with Crippen LogP contribution >= 0.6 is 22.6 Å². The summed E-state index contributed by atoms with van der Waals surface area (Å²) in [6.45, 7) is -0.189. The molecule has 1 aromatic rings. The molecule has 5 aliphatic rings. The molecule has 2 saturated carbocycles. The van der Waals surface area contributed by atoms with Crippen molar-refractivity contribution in [2.24, 2.45) is 35.5 Å². The van der Waals surface area contributed by atoms with Crippen molar-refractivity contribution in [1.29, 1.82) is 0 Å². The summed E-state index contributed by atoms with van der Waals surface area (Å²) < 4.78 is 1.08. The zero-order valence-electron chi connectivity index (χ0n) is 13.4. The van der Waals surface area contributed by atoms with E-state index >= 15 is 0 Å². The fraction of sp³-hybridized carbons (Fsp3) is 0.421. The summed E-state index contributed by atoms with van der Waals surface area (Å²) in [5, 5.41) is 2.77. The van der Waals surface area contributed by atoms with Crippen molar-refractivity contribution in [2.45, 2.75) is 6.42 Å². The number of nitrogens with one attached hydrogen (secondary N) is 1. The van der Waals surface area contributed by atoms with Crippen LogP contribution in [0.4, 0.5) is 5.69 Å². The second-order valence-electron chi connectivity index (χ2n) is 7.47. The third kappa shape index (κ3) is 2.29. The van der Waals surface area contributed by atoms with E-state index in [1.807, 2.05) is 24.3 Å². The number of allylic oxidation sites excluding steroid dienone is 2. The Kier molecular flexibility index (Phi) is 3.36. The number of hydrogen-bond donors (Lipinski definition) is 1. The number of rotatable bonds is 3. The van der Waals surface area contributed by atoms with Crippen LogP contribution < -0.4 is 5.32 Å². The second-order valence-corrected chi connectivity index (χ2v) is 8.72. The zero-order valence-corrected chi connectivity index (χ0v) is 15.5. The van der Waals surface area contributed by atoms with Crippen LogP contribution in [-0.4, -0.2) is 29.2 Å². The molecule has 1 N–H and O–H groups in total. The van der Waals surface area contributed by atoms with Crippen molar-refractivity contribution in [3.63, 3.8) is 0 Å². The molecule has 6 atom stereocenters. The molecule has 4 aliphatic carbocycles. The van der Waals surface area contributed by atoms with Gasteiger partial charge in [0.2, 0.25) is 17.7 Å². The van der Waals surface area contributed by atoms with Gasteiger partial charge in [0.25, 0.3) is 0 Å². The highest BCUT2D eigenvalue weighted by Gasteiger charge is 2.67. The van der Waals surface area contributed by atoms with Gasteiger partial charge in [-0.25, -0.2) is 0 Å². The Labute approximate surface area is 159 Å². The number of halogens is 1. The summed E-state index contributed by atoms with van der Waals surface area (Å²) in [5.41, 5.74) is 0.671. The molecule has 1 aromatic carbocycles. The third-order valence-electron chi connectivity index (χ3n) is 6.18. The Bertz CT molecular complexity index is 782. The van der Waals surface area contributed by atoms with Crippen LogP contribution in [0.2, 0.25) is 0 Å². The first-order valence-electron chi connectivity index (χ1n) is 8.63. The van der Waals surface area contributed by atoms with Crippen LogP contribution in [0.1, 0.15) is 6.42 Å². The van der Waals surface area contributed by atoms with Crippen LogP contribution in [0.15, 0.2) is 36.4 Å². The molecule has 6 rings (SSSR count). The van der Waals surface area contributed by atoms with Crippen molar-refractivity contribution in [3.8, 4) is 0 Å². The molecule has 1 heterocycles. The van der Waals surface area contributed by atoms with Crippen LogP contribution in [-0.2, 0) is 14.4 Å². The number of nitrogens with zero attached hydrogens (tertiary/aromatic N) is 1. The number of carbonyl (C=O) groups is 3. The Morgan fingerprint density at radius 3 is 2.16 bits per heavy atom. The Balaban J connectivity index is 1.32. The van der Waals surface area contributed by atoms with E-state index in [1.165, 1.54) is 4.90 Å². The van der Waals surface area contributed by atoms with Crippen molar-refractivity contribution in [1.82, 2.24) is 4.90 Å². The summed E-state index contributed by atoms with van der Waals surface area (Å²) in [4.78, 5) is 39.2. The van der Waals surface area contributed by atoms with Gasteiger partial charge in [-0.2, -0.15) is 0 Å². The summed E-state index contributed by atoms with van der Waals surface area (Å²) >= 11 is 2.19. The van der Waals surface area contributed by atoms with Crippen LogP contribution in [0, 0.1) is 39.1 Å². The monoisotopic (exact) mass is 448 g/mol. The fourth-order valence-electron chi connectivity index (χ4n) is 5.05. The molecular formula is C19H17IN2O3. The highest BCUT2D eigenvalue weighted by molar-refractivity contribution is 14.1. The van der Waals surface area contributed by atoms with Gasteiger partial charge in [-0.15, -0.1) is 0 Å².